The first-order valence-corrected chi connectivity index (χ1v) is 8.75. The van der Waals surface area contributed by atoms with Crippen LogP contribution in [0.15, 0.2) is 11.6 Å². The van der Waals surface area contributed by atoms with E-state index in [9.17, 15) is 14.4 Å². The summed E-state index contributed by atoms with van der Waals surface area (Å²) in [6.07, 6.45) is 8.07. The van der Waals surface area contributed by atoms with Crippen molar-refractivity contribution in [3.63, 3.8) is 0 Å². The number of Topliss-reactive ketones (excluding diaryl/α,β-unsaturated/α-hetero) is 3. The molecule has 3 nitrogen and oxygen atoms in total. The maximum atomic E-state index is 12.7. The van der Waals surface area contributed by atoms with Crippen molar-refractivity contribution in [1.29, 1.82) is 0 Å². The maximum Gasteiger partial charge on any atom is 0.139 e. The van der Waals surface area contributed by atoms with Crippen LogP contribution in [0.2, 0.25) is 0 Å². The van der Waals surface area contributed by atoms with Gasteiger partial charge >= 0.3 is 0 Å². The average molecular weight is 300 g/mol. The summed E-state index contributed by atoms with van der Waals surface area (Å²) >= 11 is 0. The molecule has 4 aliphatic rings. The lowest BCUT2D eigenvalue weighted by Gasteiger charge is -2.45. The fraction of sp³-hybridized carbons (Fsp3) is 0.737. The lowest BCUT2D eigenvalue weighted by Crippen LogP contribution is -2.42. The Hall–Kier alpha value is -1.25. The van der Waals surface area contributed by atoms with Crippen molar-refractivity contribution in [3.8, 4) is 0 Å². The summed E-state index contributed by atoms with van der Waals surface area (Å²) in [6.45, 7) is 2.13. The molecular weight excluding hydrogens is 276 g/mol. The van der Waals surface area contributed by atoms with Crippen LogP contribution in [0.4, 0.5) is 0 Å². The largest absolute Gasteiger partial charge is 0.299 e. The first-order chi connectivity index (χ1) is 10.5. The number of ketones is 3. The molecule has 3 fully saturated rings. The van der Waals surface area contributed by atoms with E-state index in [0.29, 0.717) is 49.2 Å². The van der Waals surface area contributed by atoms with E-state index < -0.39 is 0 Å². The van der Waals surface area contributed by atoms with Gasteiger partial charge < -0.3 is 0 Å². The Bertz CT molecular complexity index is 587. The fourth-order valence-corrected chi connectivity index (χ4v) is 5.78. The fourth-order valence-electron chi connectivity index (χ4n) is 5.78. The van der Waals surface area contributed by atoms with Crippen molar-refractivity contribution in [2.24, 2.45) is 29.1 Å². The smallest absolute Gasteiger partial charge is 0.139 e. The molecule has 0 aliphatic heterocycles. The zero-order valence-electron chi connectivity index (χ0n) is 13.3. The normalized spacial score (nSPS) is 44.8. The van der Waals surface area contributed by atoms with Crippen LogP contribution in [0.3, 0.4) is 0 Å². The highest BCUT2D eigenvalue weighted by atomic mass is 16.1. The SMILES string of the molecule is C[C@]12CC[C@@H]3C4=CCC(=O)C[C@@H](C4)C(=O)C[C@H]3[C@@H]1CCC2=O. The summed E-state index contributed by atoms with van der Waals surface area (Å²) in [4.78, 5) is 36.9. The number of hydrogen-bond acceptors (Lipinski definition) is 3. The molecule has 0 aromatic heterocycles. The monoisotopic (exact) mass is 300 g/mol. The summed E-state index contributed by atoms with van der Waals surface area (Å²) in [5.74, 6) is 1.96. The molecule has 0 amide bonds. The van der Waals surface area contributed by atoms with E-state index in [1.165, 1.54) is 5.57 Å². The number of carbonyl (C=O) groups is 3. The van der Waals surface area contributed by atoms with Gasteiger partial charge in [0.05, 0.1) is 0 Å². The van der Waals surface area contributed by atoms with Gasteiger partial charge in [0.15, 0.2) is 0 Å². The third-order valence-electron chi connectivity index (χ3n) is 7.06. The van der Waals surface area contributed by atoms with Gasteiger partial charge in [-0.1, -0.05) is 18.6 Å². The third-order valence-corrected chi connectivity index (χ3v) is 7.06. The van der Waals surface area contributed by atoms with Crippen LogP contribution < -0.4 is 0 Å². The van der Waals surface area contributed by atoms with E-state index >= 15 is 0 Å². The van der Waals surface area contributed by atoms with Crippen LogP contribution in [0.5, 0.6) is 0 Å². The van der Waals surface area contributed by atoms with Gasteiger partial charge in [-0.2, -0.15) is 0 Å². The molecule has 0 aromatic rings. The highest BCUT2D eigenvalue weighted by Gasteiger charge is 2.55. The minimum Gasteiger partial charge on any atom is -0.299 e. The van der Waals surface area contributed by atoms with Gasteiger partial charge in [-0.15, -0.1) is 0 Å². The lowest BCUT2D eigenvalue weighted by molar-refractivity contribution is -0.132. The molecule has 4 rings (SSSR count). The maximum absolute atomic E-state index is 12.7. The number of carbonyl (C=O) groups excluding carboxylic acids is 3. The molecule has 0 saturated heterocycles. The molecule has 4 aliphatic carbocycles. The van der Waals surface area contributed by atoms with Crippen molar-refractivity contribution in [1.82, 2.24) is 0 Å². The van der Waals surface area contributed by atoms with Gasteiger partial charge in [0.1, 0.15) is 17.3 Å². The number of rotatable bonds is 0. The van der Waals surface area contributed by atoms with Gasteiger partial charge in [0.25, 0.3) is 0 Å². The Morgan fingerprint density at radius 2 is 1.91 bits per heavy atom. The van der Waals surface area contributed by atoms with E-state index in [0.717, 1.165) is 25.7 Å². The second kappa shape index (κ2) is 4.87. The first kappa shape index (κ1) is 14.3. The number of fused-ring (bicyclic) bond motifs is 6. The highest BCUT2D eigenvalue weighted by Crippen LogP contribution is 2.58. The summed E-state index contributed by atoms with van der Waals surface area (Å²) in [6, 6.07) is 0. The van der Waals surface area contributed by atoms with Crippen molar-refractivity contribution in [2.45, 2.75) is 58.3 Å². The molecule has 5 atom stereocenters. The van der Waals surface area contributed by atoms with Crippen LogP contribution in [-0.2, 0) is 14.4 Å². The lowest BCUT2D eigenvalue weighted by atomic mass is 9.58. The van der Waals surface area contributed by atoms with Crippen LogP contribution in [-0.4, -0.2) is 17.3 Å². The second-order valence-corrected chi connectivity index (χ2v) is 8.09. The van der Waals surface area contributed by atoms with E-state index in [1.54, 1.807) is 0 Å². The molecule has 3 saturated carbocycles. The van der Waals surface area contributed by atoms with Crippen LogP contribution in [0, 0.1) is 29.1 Å². The summed E-state index contributed by atoms with van der Waals surface area (Å²) in [7, 11) is 0. The first-order valence-electron chi connectivity index (χ1n) is 8.75. The third kappa shape index (κ3) is 1.97. The van der Waals surface area contributed by atoms with Gasteiger partial charge in [0, 0.05) is 37.0 Å². The van der Waals surface area contributed by atoms with Crippen molar-refractivity contribution >= 4 is 17.3 Å². The molecule has 118 valence electrons. The van der Waals surface area contributed by atoms with Gasteiger partial charge in [-0.25, -0.2) is 0 Å². The predicted octanol–water partition coefficient (Wildman–Crippen LogP) is 3.27. The Labute approximate surface area is 131 Å². The minimum atomic E-state index is -0.188. The van der Waals surface area contributed by atoms with E-state index in [1.807, 2.05) is 0 Å². The van der Waals surface area contributed by atoms with E-state index in [4.69, 9.17) is 0 Å². The topological polar surface area (TPSA) is 51.2 Å². The molecule has 0 spiro atoms. The zero-order chi connectivity index (χ0) is 15.5. The van der Waals surface area contributed by atoms with Crippen molar-refractivity contribution < 1.29 is 14.4 Å². The molecule has 0 aromatic carbocycles. The van der Waals surface area contributed by atoms with E-state index in [-0.39, 0.29) is 22.9 Å². The van der Waals surface area contributed by atoms with Crippen LogP contribution in [0.25, 0.3) is 0 Å². The zero-order valence-corrected chi connectivity index (χ0v) is 13.3. The van der Waals surface area contributed by atoms with Crippen LogP contribution >= 0.6 is 0 Å². The molecule has 0 N–H and O–H groups in total. The molecule has 0 radical (unpaired) electrons. The Kier molecular flexibility index (Phi) is 3.18. The highest BCUT2D eigenvalue weighted by molar-refractivity contribution is 5.91. The Balaban J connectivity index is 1.73. The van der Waals surface area contributed by atoms with Crippen molar-refractivity contribution in [2.75, 3.05) is 0 Å². The summed E-state index contributed by atoms with van der Waals surface area (Å²) < 4.78 is 0. The molecular formula is C19H24O3. The summed E-state index contributed by atoms with van der Waals surface area (Å²) in [5.41, 5.74) is 1.17. The number of allylic oxidation sites excluding steroid dienone is 2. The Morgan fingerprint density at radius 1 is 1.09 bits per heavy atom. The molecule has 2 bridgehead atoms. The minimum absolute atomic E-state index is 0.0878. The van der Waals surface area contributed by atoms with E-state index in [2.05, 4.69) is 13.0 Å². The second-order valence-electron chi connectivity index (χ2n) is 8.09. The van der Waals surface area contributed by atoms with Crippen molar-refractivity contribution in [3.05, 3.63) is 11.6 Å². The average Bonchev–Trinajstić information content (AvgIpc) is 2.63. The van der Waals surface area contributed by atoms with Gasteiger partial charge in [-0.3, -0.25) is 14.4 Å². The predicted molar refractivity (Wildman–Crippen MR) is 82.1 cm³/mol. The number of hydrogen-bond donors (Lipinski definition) is 0. The van der Waals surface area contributed by atoms with Gasteiger partial charge in [-0.05, 0) is 43.4 Å². The van der Waals surface area contributed by atoms with Gasteiger partial charge in [0.2, 0.25) is 0 Å². The summed E-state index contributed by atoms with van der Waals surface area (Å²) in [5, 5.41) is 0. The Morgan fingerprint density at radius 3 is 2.73 bits per heavy atom. The quantitative estimate of drug-likeness (QED) is 0.645. The standard InChI is InChI=1S/C19H24O3/c1-19-7-6-14-11-2-3-13(20)9-12(8-11)17(21)10-15(14)16(19)4-5-18(19)22/h2,12,14-16H,3-10H2,1H3/t12-,14-,15-,16+,19+/m1/s1. The molecule has 22 heavy (non-hydrogen) atoms. The molecule has 0 heterocycles. The van der Waals surface area contributed by atoms with Crippen LogP contribution in [0.1, 0.15) is 58.3 Å². The molecule has 0 unspecified atom stereocenters. The molecule has 3 heteroatoms.